The molecule has 1 fully saturated rings. The van der Waals surface area contributed by atoms with Crippen LogP contribution in [0.3, 0.4) is 0 Å². The van der Waals surface area contributed by atoms with Gasteiger partial charge in [-0.15, -0.1) is 0 Å². The average Bonchev–Trinajstić information content (AvgIpc) is 2.97. The third-order valence-corrected chi connectivity index (χ3v) is 4.84. The number of nitrogens with one attached hydrogen (secondary N) is 1. The van der Waals surface area contributed by atoms with Crippen LogP contribution in [-0.4, -0.2) is 57.1 Å². The predicted octanol–water partition coefficient (Wildman–Crippen LogP) is 1.66. The lowest BCUT2D eigenvalue weighted by atomic mass is 9.96. The van der Waals surface area contributed by atoms with E-state index in [1.165, 1.54) is 18.4 Å². The standard InChI is InChI=1S/C19H29N5O/c1-15(25)13-24-9-5-16(6-10-24)11-21-12-18-14-23(2)22-19(18)17-3-7-20-8-4-17/h3-4,7-8,14-16,21,25H,5-6,9-13H2,1-2H3/t15-/m0/s1. The Morgan fingerprint density at radius 3 is 2.68 bits per heavy atom. The van der Waals surface area contributed by atoms with Crippen molar-refractivity contribution >= 4 is 0 Å². The van der Waals surface area contributed by atoms with Crippen LogP contribution >= 0.6 is 0 Å². The van der Waals surface area contributed by atoms with Gasteiger partial charge in [-0.3, -0.25) is 9.67 Å². The number of aliphatic hydroxyl groups excluding tert-OH is 1. The molecular formula is C19H29N5O. The highest BCUT2D eigenvalue weighted by Gasteiger charge is 2.20. The lowest BCUT2D eigenvalue weighted by Gasteiger charge is -2.32. The highest BCUT2D eigenvalue weighted by Crippen LogP contribution is 2.21. The number of β-amino-alcohol motifs (C(OH)–C–C–N with tert-alkyl or cyclic N) is 1. The molecule has 1 atom stereocenters. The van der Waals surface area contributed by atoms with Gasteiger partial charge in [-0.1, -0.05) is 0 Å². The Hall–Kier alpha value is -1.76. The second-order valence-corrected chi connectivity index (χ2v) is 7.14. The van der Waals surface area contributed by atoms with E-state index in [-0.39, 0.29) is 6.10 Å². The Morgan fingerprint density at radius 1 is 1.28 bits per heavy atom. The van der Waals surface area contributed by atoms with E-state index >= 15 is 0 Å². The Bertz CT molecular complexity index is 647. The van der Waals surface area contributed by atoms with Gasteiger partial charge in [0.05, 0.1) is 11.8 Å². The summed E-state index contributed by atoms with van der Waals surface area (Å²) in [4.78, 5) is 6.45. The largest absolute Gasteiger partial charge is 0.392 e. The van der Waals surface area contributed by atoms with Gasteiger partial charge in [-0.2, -0.15) is 5.10 Å². The van der Waals surface area contributed by atoms with Crippen molar-refractivity contribution in [1.29, 1.82) is 0 Å². The maximum Gasteiger partial charge on any atom is 0.0969 e. The number of nitrogens with zero attached hydrogens (tertiary/aromatic N) is 4. The maximum absolute atomic E-state index is 9.49. The Morgan fingerprint density at radius 2 is 2.00 bits per heavy atom. The van der Waals surface area contributed by atoms with Crippen LogP contribution in [-0.2, 0) is 13.6 Å². The minimum Gasteiger partial charge on any atom is -0.392 e. The molecule has 0 aliphatic carbocycles. The first-order valence-electron chi connectivity index (χ1n) is 9.16. The normalized spacial score (nSPS) is 17.7. The smallest absolute Gasteiger partial charge is 0.0969 e. The molecule has 0 spiro atoms. The molecule has 25 heavy (non-hydrogen) atoms. The Kier molecular flexibility index (Phi) is 6.18. The van der Waals surface area contributed by atoms with Crippen LogP contribution in [0, 0.1) is 5.92 Å². The number of likely N-dealkylation sites (tertiary alicyclic amines) is 1. The van der Waals surface area contributed by atoms with Crippen molar-refractivity contribution in [2.45, 2.75) is 32.4 Å². The number of aliphatic hydroxyl groups is 1. The minimum absolute atomic E-state index is 0.230. The molecule has 1 saturated heterocycles. The van der Waals surface area contributed by atoms with E-state index in [1.807, 2.05) is 43.2 Å². The summed E-state index contributed by atoms with van der Waals surface area (Å²) >= 11 is 0. The summed E-state index contributed by atoms with van der Waals surface area (Å²) < 4.78 is 1.88. The molecule has 0 radical (unpaired) electrons. The van der Waals surface area contributed by atoms with Crippen LogP contribution in [0.15, 0.2) is 30.7 Å². The lowest BCUT2D eigenvalue weighted by molar-refractivity contribution is 0.0998. The molecule has 2 aromatic rings. The number of hydrogen-bond acceptors (Lipinski definition) is 5. The van der Waals surface area contributed by atoms with E-state index in [4.69, 9.17) is 0 Å². The van der Waals surface area contributed by atoms with Gasteiger partial charge in [0.15, 0.2) is 0 Å². The summed E-state index contributed by atoms with van der Waals surface area (Å²) in [6, 6.07) is 4.01. The number of rotatable bonds is 7. The zero-order valence-corrected chi connectivity index (χ0v) is 15.2. The zero-order chi connectivity index (χ0) is 17.6. The molecule has 6 heteroatoms. The molecule has 0 aromatic carbocycles. The van der Waals surface area contributed by atoms with Crippen LogP contribution < -0.4 is 5.32 Å². The molecule has 3 heterocycles. The van der Waals surface area contributed by atoms with Crippen LogP contribution in [0.2, 0.25) is 0 Å². The van der Waals surface area contributed by atoms with E-state index in [1.54, 1.807) is 0 Å². The van der Waals surface area contributed by atoms with Gasteiger partial charge in [0, 0.05) is 49.9 Å². The molecule has 6 nitrogen and oxygen atoms in total. The quantitative estimate of drug-likeness (QED) is 0.800. The topological polar surface area (TPSA) is 66.2 Å². The van der Waals surface area contributed by atoms with Crippen LogP contribution in [0.5, 0.6) is 0 Å². The van der Waals surface area contributed by atoms with Crippen molar-refractivity contribution in [2.24, 2.45) is 13.0 Å². The van der Waals surface area contributed by atoms with E-state index in [9.17, 15) is 5.11 Å². The highest BCUT2D eigenvalue weighted by molar-refractivity contribution is 5.61. The summed E-state index contributed by atoms with van der Waals surface area (Å²) in [6.45, 7) is 6.71. The van der Waals surface area contributed by atoms with Crippen LogP contribution in [0.25, 0.3) is 11.3 Å². The van der Waals surface area contributed by atoms with Crippen molar-refractivity contribution in [1.82, 2.24) is 25.0 Å². The second kappa shape index (κ2) is 8.56. The van der Waals surface area contributed by atoms with Crippen molar-refractivity contribution in [2.75, 3.05) is 26.2 Å². The van der Waals surface area contributed by atoms with Crippen molar-refractivity contribution in [3.63, 3.8) is 0 Å². The van der Waals surface area contributed by atoms with Crippen molar-refractivity contribution in [3.8, 4) is 11.3 Å². The monoisotopic (exact) mass is 343 g/mol. The number of piperidine rings is 1. The molecule has 0 unspecified atom stereocenters. The molecule has 0 saturated carbocycles. The van der Waals surface area contributed by atoms with Gasteiger partial charge in [-0.25, -0.2) is 0 Å². The first-order chi connectivity index (χ1) is 12.1. The molecule has 0 bridgehead atoms. The average molecular weight is 343 g/mol. The molecular weight excluding hydrogens is 314 g/mol. The fraction of sp³-hybridized carbons (Fsp3) is 0.579. The summed E-state index contributed by atoms with van der Waals surface area (Å²) in [7, 11) is 1.96. The Balaban J connectivity index is 1.49. The number of aromatic nitrogens is 3. The van der Waals surface area contributed by atoms with Gasteiger partial charge >= 0.3 is 0 Å². The lowest BCUT2D eigenvalue weighted by Crippen LogP contribution is -2.40. The van der Waals surface area contributed by atoms with E-state index in [0.29, 0.717) is 5.92 Å². The summed E-state index contributed by atoms with van der Waals surface area (Å²) in [5.74, 6) is 0.714. The maximum atomic E-state index is 9.49. The van der Waals surface area contributed by atoms with Gasteiger partial charge in [0.1, 0.15) is 0 Å². The fourth-order valence-electron chi connectivity index (χ4n) is 3.58. The number of aryl methyl sites for hydroxylation is 1. The van der Waals surface area contributed by atoms with E-state index in [0.717, 1.165) is 44.0 Å². The zero-order valence-electron chi connectivity index (χ0n) is 15.2. The molecule has 1 aliphatic rings. The Labute approximate surface area is 149 Å². The number of hydrogen-bond donors (Lipinski definition) is 2. The molecule has 1 aliphatic heterocycles. The third kappa shape index (κ3) is 5.11. The van der Waals surface area contributed by atoms with Crippen LogP contribution in [0.1, 0.15) is 25.3 Å². The molecule has 0 amide bonds. The fourth-order valence-corrected chi connectivity index (χ4v) is 3.58. The SMILES string of the molecule is C[C@H](O)CN1CCC(CNCc2cn(C)nc2-c2ccncc2)CC1. The second-order valence-electron chi connectivity index (χ2n) is 7.14. The minimum atomic E-state index is -0.230. The number of pyridine rings is 1. The first kappa shape index (κ1) is 18.0. The van der Waals surface area contributed by atoms with Crippen molar-refractivity contribution in [3.05, 3.63) is 36.3 Å². The summed E-state index contributed by atoms with van der Waals surface area (Å²) in [5.41, 5.74) is 3.36. The summed E-state index contributed by atoms with van der Waals surface area (Å²) in [6.07, 6.45) is 7.87. The third-order valence-electron chi connectivity index (χ3n) is 4.84. The van der Waals surface area contributed by atoms with E-state index < -0.39 is 0 Å². The molecule has 136 valence electrons. The summed E-state index contributed by atoms with van der Waals surface area (Å²) in [5, 5.41) is 17.7. The molecule has 2 N–H and O–H groups in total. The molecule has 3 rings (SSSR count). The van der Waals surface area contributed by atoms with Gasteiger partial charge < -0.3 is 15.3 Å². The van der Waals surface area contributed by atoms with Crippen LogP contribution in [0.4, 0.5) is 0 Å². The van der Waals surface area contributed by atoms with Gasteiger partial charge in [0.2, 0.25) is 0 Å². The highest BCUT2D eigenvalue weighted by atomic mass is 16.3. The van der Waals surface area contributed by atoms with Gasteiger partial charge in [0.25, 0.3) is 0 Å². The predicted molar refractivity (Wildman–Crippen MR) is 99.0 cm³/mol. The first-order valence-corrected chi connectivity index (χ1v) is 9.16. The van der Waals surface area contributed by atoms with Gasteiger partial charge in [-0.05, 0) is 57.5 Å². The molecule has 2 aromatic heterocycles. The van der Waals surface area contributed by atoms with Crippen molar-refractivity contribution < 1.29 is 5.11 Å². The van der Waals surface area contributed by atoms with E-state index in [2.05, 4.69) is 26.5 Å².